The van der Waals surface area contributed by atoms with Crippen molar-refractivity contribution in [3.8, 4) is 6.07 Å². The van der Waals surface area contributed by atoms with Crippen molar-refractivity contribution in [3.63, 3.8) is 0 Å². The maximum Gasteiger partial charge on any atom is 0.237 e. The Morgan fingerprint density at radius 2 is 2.25 bits per heavy atom. The second-order valence-corrected chi connectivity index (χ2v) is 4.44. The third kappa shape index (κ3) is 3.49. The van der Waals surface area contributed by atoms with Crippen LogP contribution in [0.2, 0.25) is 0 Å². The Morgan fingerprint density at radius 1 is 1.56 bits per heavy atom. The van der Waals surface area contributed by atoms with E-state index in [0.29, 0.717) is 6.42 Å². The summed E-state index contributed by atoms with van der Waals surface area (Å²) in [6, 6.07) is 1.86. The molecule has 0 aromatic heterocycles. The van der Waals surface area contributed by atoms with E-state index in [0.717, 1.165) is 32.1 Å². The molecule has 0 aromatic carbocycles. The van der Waals surface area contributed by atoms with Crippen molar-refractivity contribution in [3.05, 3.63) is 0 Å². The molecule has 0 spiro atoms. The predicted octanol–water partition coefficient (Wildman–Crippen LogP) is 1.35. The summed E-state index contributed by atoms with van der Waals surface area (Å²) in [6.45, 7) is 1.95. The first kappa shape index (κ1) is 13.0. The minimum atomic E-state index is -0.570. The van der Waals surface area contributed by atoms with Gasteiger partial charge >= 0.3 is 0 Å². The molecule has 90 valence electrons. The third-order valence-corrected chi connectivity index (χ3v) is 3.11. The van der Waals surface area contributed by atoms with Crippen molar-refractivity contribution in [2.75, 3.05) is 0 Å². The van der Waals surface area contributed by atoms with E-state index >= 15 is 0 Å². The SMILES string of the molecule is CCCC(C#N)C(=O)NC1CCCCC1O. The van der Waals surface area contributed by atoms with E-state index in [4.69, 9.17) is 5.26 Å². The summed E-state index contributed by atoms with van der Waals surface area (Å²) < 4.78 is 0. The zero-order valence-corrected chi connectivity index (χ0v) is 9.78. The van der Waals surface area contributed by atoms with Gasteiger partial charge in [-0.25, -0.2) is 0 Å². The Kier molecular flexibility index (Phi) is 5.27. The minimum absolute atomic E-state index is 0.158. The molecule has 1 saturated carbocycles. The monoisotopic (exact) mass is 224 g/mol. The fourth-order valence-corrected chi connectivity index (χ4v) is 2.11. The number of nitrogens with zero attached hydrogens (tertiary/aromatic N) is 1. The Bertz CT molecular complexity index is 273. The lowest BCUT2D eigenvalue weighted by atomic mass is 9.92. The summed E-state index contributed by atoms with van der Waals surface area (Å²) in [5.41, 5.74) is 0. The van der Waals surface area contributed by atoms with Crippen LogP contribution in [0.3, 0.4) is 0 Å². The first-order valence-corrected chi connectivity index (χ1v) is 6.07. The average molecular weight is 224 g/mol. The van der Waals surface area contributed by atoms with E-state index in [1.165, 1.54) is 0 Å². The zero-order valence-electron chi connectivity index (χ0n) is 9.78. The lowest BCUT2D eigenvalue weighted by Crippen LogP contribution is -2.47. The molecule has 16 heavy (non-hydrogen) atoms. The van der Waals surface area contributed by atoms with Gasteiger partial charge in [-0.3, -0.25) is 4.79 Å². The van der Waals surface area contributed by atoms with Gasteiger partial charge in [-0.1, -0.05) is 26.2 Å². The Hall–Kier alpha value is -1.08. The largest absolute Gasteiger partial charge is 0.391 e. The van der Waals surface area contributed by atoms with Gasteiger partial charge in [0, 0.05) is 0 Å². The molecule has 4 nitrogen and oxygen atoms in total. The van der Waals surface area contributed by atoms with Gasteiger partial charge in [-0.05, 0) is 19.3 Å². The molecule has 0 aromatic rings. The Morgan fingerprint density at radius 3 is 2.81 bits per heavy atom. The first-order chi connectivity index (χ1) is 7.69. The van der Waals surface area contributed by atoms with Crippen LogP contribution in [0.15, 0.2) is 0 Å². The molecule has 0 saturated heterocycles. The van der Waals surface area contributed by atoms with E-state index in [1.807, 2.05) is 13.0 Å². The van der Waals surface area contributed by atoms with Crippen LogP contribution < -0.4 is 5.32 Å². The highest BCUT2D eigenvalue weighted by Gasteiger charge is 2.27. The topological polar surface area (TPSA) is 73.1 Å². The maximum absolute atomic E-state index is 11.7. The number of amides is 1. The van der Waals surface area contributed by atoms with Crippen molar-refractivity contribution < 1.29 is 9.90 Å². The molecule has 3 unspecified atom stereocenters. The fourth-order valence-electron chi connectivity index (χ4n) is 2.11. The molecule has 0 bridgehead atoms. The van der Waals surface area contributed by atoms with Crippen LogP contribution in [0.5, 0.6) is 0 Å². The molecule has 0 heterocycles. The number of aliphatic hydroxyl groups is 1. The number of carbonyl (C=O) groups is 1. The summed E-state index contributed by atoms with van der Waals surface area (Å²) in [5.74, 6) is -0.797. The van der Waals surface area contributed by atoms with Crippen molar-refractivity contribution in [2.24, 2.45) is 5.92 Å². The summed E-state index contributed by atoms with van der Waals surface area (Å²) in [5, 5.41) is 21.3. The lowest BCUT2D eigenvalue weighted by Gasteiger charge is -2.28. The van der Waals surface area contributed by atoms with E-state index in [2.05, 4.69) is 5.32 Å². The Labute approximate surface area is 96.6 Å². The zero-order chi connectivity index (χ0) is 12.0. The molecular formula is C12H20N2O2. The van der Waals surface area contributed by atoms with Crippen LogP contribution in [0.25, 0.3) is 0 Å². The number of rotatable bonds is 4. The molecule has 1 fully saturated rings. The van der Waals surface area contributed by atoms with Gasteiger partial charge in [0.2, 0.25) is 5.91 Å². The van der Waals surface area contributed by atoms with E-state index < -0.39 is 12.0 Å². The highest BCUT2D eigenvalue weighted by molar-refractivity contribution is 5.81. The molecule has 1 rings (SSSR count). The average Bonchev–Trinajstić information content (AvgIpc) is 2.29. The first-order valence-electron chi connectivity index (χ1n) is 6.07. The smallest absolute Gasteiger partial charge is 0.237 e. The van der Waals surface area contributed by atoms with Gasteiger partial charge in [0.1, 0.15) is 5.92 Å². The van der Waals surface area contributed by atoms with Crippen LogP contribution >= 0.6 is 0 Å². The second-order valence-electron chi connectivity index (χ2n) is 4.44. The number of aliphatic hydroxyl groups excluding tert-OH is 1. The maximum atomic E-state index is 11.7. The molecule has 0 aliphatic heterocycles. The van der Waals surface area contributed by atoms with Gasteiger partial charge in [0.15, 0.2) is 0 Å². The molecule has 1 amide bonds. The number of nitriles is 1. The normalized spacial score (nSPS) is 26.8. The third-order valence-electron chi connectivity index (χ3n) is 3.11. The predicted molar refractivity (Wildman–Crippen MR) is 60.4 cm³/mol. The molecule has 1 aliphatic carbocycles. The van der Waals surface area contributed by atoms with Crippen LogP contribution in [-0.4, -0.2) is 23.2 Å². The highest BCUT2D eigenvalue weighted by atomic mass is 16.3. The van der Waals surface area contributed by atoms with Gasteiger partial charge in [-0.15, -0.1) is 0 Å². The molecule has 3 atom stereocenters. The number of nitrogens with one attached hydrogen (secondary N) is 1. The quantitative estimate of drug-likeness (QED) is 0.757. The summed E-state index contributed by atoms with van der Waals surface area (Å²) in [7, 11) is 0. The van der Waals surface area contributed by atoms with E-state index in [9.17, 15) is 9.90 Å². The van der Waals surface area contributed by atoms with Crippen molar-refractivity contribution in [1.82, 2.24) is 5.32 Å². The summed E-state index contributed by atoms with van der Waals surface area (Å²) in [6.07, 6.45) is 4.58. The van der Waals surface area contributed by atoms with E-state index in [1.54, 1.807) is 0 Å². The standard InChI is InChI=1S/C12H20N2O2/c1-2-5-9(8-13)12(16)14-10-6-3-4-7-11(10)15/h9-11,15H,2-7H2,1H3,(H,14,16). The van der Waals surface area contributed by atoms with Gasteiger partial charge in [0.25, 0.3) is 0 Å². The fraction of sp³-hybridized carbons (Fsp3) is 0.833. The minimum Gasteiger partial charge on any atom is -0.391 e. The number of hydrogen-bond donors (Lipinski definition) is 2. The van der Waals surface area contributed by atoms with Gasteiger partial charge in [0.05, 0.1) is 18.2 Å². The van der Waals surface area contributed by atoms with Crippen LogP contribution in [0, 0.1) is 17.2 Å². The summed E-state index contributed by atoms with van der Waals surface area (Å²) >= 11 is 0. The van der Waals surface area contributed by atoms with Crippen molar-refractivity contribution in [2.45, 2.75) is 57.6 Å². The number of hydrogen-bond acceptors (Lipinski definition) is 3. The highest BCUT2D eigenvalue weighted by Crippen LogP contribution is 2.19. The van der Waals surface area contributed by atoms with Crippen LogP contribution in [0.1, 0.15) is 45.4 Å². The van der Waals surface area contributed by atoms with Gasteiger partial charge in [-0.2, -0.15) is 5.26 Å². The number of carbonyl (C=O) groups excluding carboxylic acids is 1. The molecule has 2 N–H and O–H groups in total. The molecule has 4 heteroatoms. The van der Waals surface area contributed by atoms with E-state index in [-0.39, 0.29) is 11.9 Å². The molecule has 0 radical (unpaired) electrons. The van der Waals surface area contributed by atoms with Crippen LogP contribution in [-0.2, 0) is 4.79 Å². The lowest BCUT2D eigenvalue weighted by molar-refractivity contribution is -0.125. The molecular weight excluding hydrogens is 204 g/mol. The van der Waals surface area contributed by atoms with Crippen molar-refractivity contribution in [1.29, 1.82) is 5.26 Å². The summed E-state index contributed by atoms with van der Waals surface area (Å²) in [4.78, 5) is 11.7. The van der Waals surface area contributed by atoms with Gasteiger partial charge < -0.3 is 10.4 Å². The molecule has 1 aliphatic rings. The second kappa shape index (κ2) is 6.49. The Balaban J connectivity index is 2.45. The van der Waals surface area contributed by atoms with Crippen LogP contribution in [0.4, 0.5) is 0 Å². The van der Waals surface area contributed by atoms with Crippen molar-refractivity contribution >= 4 is 5.91 Å².